The molecule has 2 atom stereocenters. The fourth-order valence-electron chi connectivity index (χ4n) is 2.57. The van der Waals surface area contributed by atoms with Crippen molar-refractivity contribution in [1.29, 1.82) is 0 Å². The van der Waals surface area contributed by atoms with Crippen LogP contribution < -0.4 is 5.73 Å². The Kier molecular flexibility index (Phi) is 5.59. The molecule has 0 spiro atoms. The lowest BCUT2D eigenvalue weighted by Crippen LogP contribution is -2.46. The molecule has 0 bridgehead atoms. The van der Waals surface area contributed by atoms with Gasteiger partial charge in [-0.05, 0) is 24.7 Å². The Hall–Kier alpha value is -1.10. The highest BCUT2D eigenvalue weighted by Gasteiger charge is 2.30. The first kappa shape index (κ1) is 15.0. The Bertz CT molecular complexity index is 305. The average Bonchev–Trinajstić information content (AvgIpc) is 2.28. The number of nitrogens with two attached hydrogens (primary N) is 1. The van der Waals surface area contributed by atoms with Gasteiger partial charge in [0.1, 0.15) is 0 Å². The van der Waals surface area contributed by atoms with E-state index in [0.717, 1.165) is 19.4 Å². The summed E-state index contributed by atoms with van der Waals surface area (Å²) in [6, 6.07) is 0. The number of carboxylic acid groups (broad SMARTS) is 1. The SMILES string of the molecule is CC(C)C(CN)C(=O)N1CCCC(CC(=O)O)C1. The third-order valence-electron chi connectivity index (χ3n) is 3.67. The summed E-state index contributed by atoms with van der Waals surface area (Å²) in [6.07, 6.45) is 1.93. The van der Waals surface area contributed by atoms with Crippen LogP contribution in [0, 0.1) is 17.8 Å². The lowest BCUT2D eigenvalue weighted by atomic mass is 9.90. The summed E-state index contributed by atoms with van der Waals surface area (Å²) in [6.45, 7) is 5.64. The molecule has 5 nitrogen and oxygen atoms in total. The number of carbonyl (C=O) groups is 2. The molecular formula is C13H24N2O3. The average molecular weight is 256 g/mol. The topological polar surface area (TPSA) is 83.6 Å². The minimum Gasteiger partial charge on any atom is -0.481 e. The van der Waals surface area contributed by atoms with Gasteiger partial charge in [0.15, 0.2) is 0 Å². The molecule has 104 valence electrons. The van der Waals surface area contributed by atoms with E-state index in [9.17, 15) is 9.59 Å². The van der Waals surface area contributed by atoms with E-state index in [1.165, 1.54) is 0 Å². The van der Waals surface area contributed by atoms with E-state index in [1.807, 2.05) is 13.8 Å². The van der Waals surface area contributed by atoms with E-state index < -0.39 is 5.97 Å². The van der Waals surface area contributed by atoms with Gasteiger partial charge >= 0.3 is 5.97 Å². The number of hydrogen-bond donors (Lipinski definition) is 2. The van der Waals surface area contributed by atoms with Gasteiger partial charge in [0.05, 0.1) is 5.92 Å². The van der Waals surface area contributed by atoms with Gasteiger partial charge in [0, 0.05) is 26.1 Å². The standard InChI is InChI=1S/C13H24N2O3/c1-9(2)11(7-14)13(18)15-5-3-4-10(8-15)6-12(16)17/h9-11H,3-8,14H2,1-2H3,(H,16,17). The molecule has 1 aliphatic heterocycles. The minimum absolute atomic E-state index is 0.0857. The highest BCUT2D eigenvalue weighted by Crippen LogP contribution is 2.22. The van der Waals surface area contributed by atoms with Crippen LogP contribution in [0.25, 0.3) is 0 Å². The van der Waals surface area contributed by atoms with Gasteiger partial charge in [-0.15, -0.1) is 0 Å². The molecule has 0 aromatic rings. The molecule has 1 heterocycles. The predicted molar refractivity (Wildman–Crippen MR) is 68.9 cm³/mol. The molecular weight excluding hydrogens is 232 g/mol. The fourth-order valence-corrected chi connectivity index (χ4v) is 2.57. The molecule has 0 aromatic carbocycles. The molecule has 0 radical (unpaired) electrons. The fraction of sp³-hybridized carbons (Fsp3) is 0.846. The highest BCUT2D eigenvalue weighted by molar-refractivity contribution is 5.79. The number of carboxylic acids is 1. The molecule has 0 saturated carbocycles. The minimum atomic E-state index is -0.784. The van der Waals surface area contributed by atoms with Crippen LogP contribution in [0.3, 0.4) is 0 Å². The monoisotopic (exact) mass is 256 g/mol. The van der Waals surface area contributed by atoms with E-state index >= 15 is 0 Å². The molecule has 1 saturated heterocycles. The maximum absolute atomic E-state index is 12.3. The van der Waals surface area contributed by atoms with E-state index in [-0.39, 0.29) is 30.1 Å². The van der Waals surface area contributed by atoms with Crippen LogP contribution in [0.5, 0.6) is 0 Å². The first-order valence-electron chi connectivity index (χ1n) is 6.66. The highest BCUT2D eigenvalue weighted by atomic mass is 16.4. The predicted octanol–water partition coefficient (Wildman–Crippen LogP) is 0.931. The van der Waals surface area contributed by atoms with Crippen LogP contribution in [-0.4, -0.2) is 41.5 Å². The third-order valence-corrected chi connectivity index (χ3v) is 3.67. The summed E-state index contributed by atoms with van der Waals surface area (Å²) in [4.78, 5) is 24.8. The second-order valence-corrected chi connectivity index (χ2v) is 5.48. The van der Waals surface area contributed by atoms with Crippen LogP contribution in [0.2, 0.25) is 0 Å². The lowest BCUT2D eigenvalue weighted by molar-refractivity contribution is -0.142. The molecule has 1 fully saturated rings. The lowest BCUT2D eigenvalue weighted by Gasteiger charge is -2.35. The zero-order valence-electron chi connectivity index (χ0n) is 11.3. The van der Waals surface area contributed by atoms with Crippen LogP contribution in [-0.2, 0) is 9.59 Å². The number of hydrogen-bond acceptors (Lipinski definition) is 3. The molecule has 1 amide bonds. The Labute approximate surface area is 108 Å². The van der Waals surface area contributed by atoms with Gasteiger partial charge < -0.3 is 15.7 Å². The maximum atomic E-state index is 12.3. The van der Waals surface area contributed by atoms with Gasteiger partial charge in [-0.3, -0.25) is 9.59 Å². The van der Waals surface area contributed by atoms with Crippen molar-refractivity contribution in [2.24, 2.45) is 23.5 Å². The Morgan fingerprint density at radius 2 is 2.11 bits per heavy atom. The molecule has 1 rings (SSSR count). The van der Waals surface area contributed by atoms with E-state index in [1.54, 1.807) is 4.90 Å². The maximum Gasteiger partial charge on any atom is 0.303 e. The number of amides is 1. The first-order chi connectivity index (χ1) is 8.45. The third kappa shape index (κ3) is 3.98. The second-order valence-electron chi connectivity index (χ2n) is 5.48. The number of piperidine rings is 1. The van der Waals surface area contributed by atoms with Crippen molar-refractivity contribution in [3.8, 4) is 0 Å². The molecule has 0 aliphatic carbocycles. The summed E-state index contributed by atoms with van der Waals surface area (Å²) in [5.41, 5.74) is 5.66. The zero-order chi connectivity index (χ0) is 13.7. The van der Waals surface area contributed by atoms with E-state index in [2.05, 4.69) is 0 Å². The number of carbonyl (C=O) groups excluding carboxylic acids is 1. The second kappa shape index (κ2) is 6.73. The molecule has 0 aromatic heterocycles. The van der Waals surface area contributed by atoms with Crippen molar-refractivity contribution in [2.75, 3.05) is 19.6 Å². The quantitative estimate of drug-likeness (QED) is 0.766. The molecule has 18 heavy (non-hydrogen) atoms. The largest absolute Gasteiger partial charge is 0.481 e. The van der Waals surface area contributed by atoms with Gasteiger partial charge in [-0.1, -0.05) is 13.8 Å². The van der Waals surface area contributed by atoms with Crippen LogP contribution >= 0.6 is 0 Å². The van der Waals surface area contributed by atoms with Crippen molar-refractivity contribution in [2.45, 2.75) is 33.1 Å². The Balaban J connectivity index is 2.60. The van der Waals surface area contributed by atoms with Crippen molar-refractivity contribution < 1.29 is 14.7 Å². The molecule has 2 unspecified atom stereocenters. The Morgan fingerprint density at radius 1 is 1.44 bits per heavy atom. The van der Waals surface area contributed by atoms with Gasteiger partial charge in [-0.25, -0.2) is 0 Å². The van der Waals surface area contributed by atoms with Gasteiger partial charge in [0.25, 0.3) is 0 Å². The van der Waals surface area contributed by atoms with Crippen LogP contribution in [0.4, 0.5) is 0 Å². The van der Waals surface area contributed by atoms with Crippen molar-refractivity contribution in [1.82, 2.24) is 4.90 Å². The summed E-state index contributed by atoms with van der Waals surface area (Å²) >= 11 is 0. The summed E-state index contributed by atoms with van der Waals surface area (Å²) in [5, 5.41) is 8.81. The van der Waals surface area contributed by atoms with Crippen LogP contribution in [0.15, 0.2) is 0 Å². The molecule has 5 heteroatoms. The normalized spacial score (nSPS) is 22.0. The zero-order valence-corrected chi connectivity index (χ0v) is 11.3. The van der Waals surface area contributed by atoms with E-state index in [4.69, 9.17) is 10.8 Å². The number of rotatable bonds is 5. The van der Waals surface area contributed by atoms with Crippen LogP contribution in [0.1, 0.15) is 33.1 Å². The summed E-state index contributed by atoms with van der Waals surface area (Å²) < 4.78 is 0. The van der Waals surface area contributed by atoms with Crippen molar-refractivity contribution >= 4 is 11.9 Å². The van der Waals surface area contributed by atoms with Crippen molar-refractivity contribution in [3.05, 3.63) is 0 Å². The van der Waals surface area contributed by atoms with E-state index in [0.29, 0.717) is 13.1 Å². The molecule has 3 N–H and O–H groups in total. The molecule has 1 aliphatic rings. The number of nitrogens with zero attached hydrogens (tertiary/aromatic N) is 1. The number of likely N-dealkylation sites (tertiary alicyclic amines) is 1. The van der Waals surface area contributed by atoms with Gasteiger partial charge in [-0.2, -0.15) is 0 Å². The van der Waals surface area contributed by atoms with Crippen molar-refractivity contribution in [3.63, 3.8) is 0 Å². The number of aliphatic carboxylic acids is 1. The Morgan fingerprint density at radius 3 is 2.61 bits per heavy atom. The van der Waals surface area contributed by atoms with Gasteiger partial charge in [0.2, 0.25) is 5.91 Å². The summed E-state index contributed by atoms with van der Waals surface area (Å²) in [5.74, 6) is -0.530. The summed E-state index contributed by atoms with van der Waals surface area (Å²) in [7, 11) is 0. The first-order valence-corrected chi connectivity index (χ1v) is 6.66. The smallest absolute Gasteiger partial charge is 0.303 e.